The van der Waals surface area contributed by atoms with Gasteiger partial charge in [0.25, 0.3) is 0 Å². The average molecular weight is 320 g/mol. The molecule has 0 N–H and O–H groups in total. The van der Waals surface area contributed by atoms with Crippen molar-refractivity contribution in [2.24, 2.45) is 0 Å². The molecule has 0 aromatic heterocycles. The van der Waals surface area contributed by atoms with Crippen molar-refractivity contribution in [2.45, 2.75) is 10.6 Å². The number of benzene rings is 2. The molecule has 2 aromatic carbocycles. The Balaban J connectivity index is 2.48. The maximum absolute atomic E-state index is 12.5. The molecule has 2 aromatic rings. The number of rotatable bonds is 5. The highest BCUT2D eigenvalue weighted by Crippen LogP contribution is 2.26. The minimum Gasteiger partial charge on any atom is -0.496 e. The zero-order valence-corrected chi connectivity index (χ0v) is 13.1. The summed E-state index contributed by atoms with van der Waals surface area (Å²) in [5, 5.41) is 0. The van der Waals surface area contributed by atoms with Gasteiger partial charge in [-0.2, -0.15) is 0 Å². The normalized spacial score (nSPS) is 11.0. The van der Waals surface area contributed by atoms with Crippen molar-refractivity contribution in [3.8, 4) is 5.75 Å². The van der Waals surface area contributed by atoms with Gasteiger partial charge in [0.1, 0.15) is 11.3 Å². The Hall–Kier alpha value is -2.34. The molecular formula is C16H16O5S. The van der Waals surface area contributed by atoms with Crippen LogP contribution in [-0.2, 0) is 20.3 Å². The minimum absolute atomic E-state index is 0.131. The van der Waals surface area contributed by atoms with E-state index >= 15 is 0 Å². The Morgan fingerprint density at radius 3 is 2.27 bits per heavy atom. The van der Waals surface area contributed by atoms with Crippen LogP contribution in [0.4, 0.5) is 0 Å². The van der Waals surface area contributed by atoms with Gasteiger partial charge in [-0.3, -0.25) is 0 Å². The Labute approximate surface area is 129 Å². The van der Waals surface area contributed by atoms with E-state index in [2.05, 4.69) is 0 Å². The molecule has 0 spiro atoms. The molecule has 0 atom stereocenters. The highest BCUT2D eigenvalue weighted by atomic mass is 32.2. The topological polar surface area (TPSA) is 69.7 Å². The molecule has 0 unspecified atom stereocenters. The third-order valence-corrected chi connectivity index (χ3v) is 4.85. The molecule has 116 valence electrons. The predicted octanol–water partition coefficient (Wildman–Crippen LogP) is 2.46. The Morgan fingerprint density at radius 2 is 1.68 bits per heavy atom. The molecule has 0 fully saturated rings. The molecule has 5 nitrogen and oxygen atoms in total. The summed E-state index contributed by atoms with van der Waals surface area (Å²) >= 11 is 0. The summed E-state index contributed by atoms with van der Waals surface area (Å²) in [5.41, 5.74) is 0.474. The number of carbonyl (C=O) groups is 1. The summed E-state index contributed by atoms with van der Waals surface area (Å²) < 4.78 is 34.8. The molecule has 0 saturated carbocycles. The SMILES string of the molecule is COC(=O)c1c(CS(=O)(=O)c2ccccc2)cccc1OC. The van der Waals surface area contributed by atoms with Crippen molar-refractivity contribution in [1.29, 1.82) is 0 Å². The van der Waals surface area contributed by atoms with Crippen molar-refractivity contribution in [3.05, 3.63) is 59.7 Å². The molecule has 0 aliphatic carbocycles. The number of hydrogen-bond donors (Lipinski definition) is 0. The van der Waals surface area contributed by atoms with E-state index in [0.29, 0.717) is 5.56 Å². The fourth-order valence-electron chi connectivity index (χ4n) is 2.12. The van der Waals surface area contributed by atoms with Crippen LogP contribution in [0.3, 0.4) is 0 Å². The molecule has 6 heteroatoms. The lowest BCUT2D eigenvalue weighted by Gasteiger charge is -2.12. The zero-order valence-electron chi connectivity index (χ0n) is 12.3. The van der Waals surface area contributed by atoms with Gasteiger partial charge < -0.3 is 9.47 Å². The number of esters is 1. The van der Waals surface area contributed by atoms with Gasteiger partial charge >= 0.3 is 5.97 Å². The lowest BCUT2D eigenvalue weighted by Crippen LogP contribution is -2.12. The second-order valence-electron chi connectivity index (χ2n) is 4.56. The lowest BCUT2D eigenvalue weighted by atomic mass is 10.1. The van der Waals surface area contributed by atoms with E-state index in [1.807, 2.05) is 0 Å². The van der Waals surface area contributed by atoms with E-state index in [1.165, 1.54) is 26.4 Å². The van der Waals surface area contributed by atoms with Gasteiger partial charge in [0, 0.05) is 0 Å². The number of hydrogen-bond acceptors (Lipinski definition) is 5. The van der Waals surface area contributed by atoms with E-state index in [0.717, 1.165) is 0 Å². The zero-order chi connectivity index (χ0) is 16.2. The van der Waals surface area contributed by atoms with Gasteiger partial charge in [-0.05, 0) is 23.8 Å². The van der Waals surface area contributed by atoms with Crippen LogP contribution in [0.25, 0.3) is 0 Å². The molecule has 0 radical (unpaired) electrons. The van der Waals surface area contributed by atoms with E-state index in [4.69, 9.17) is 9.47 Å². The molecule has 2 rings (SSSR count). The monoisotopic (exact) mass is 320 g/mol. The van der Waals surface area contributed by atoms with Crippen LogP contribution in [0.2, 0.25) is 0 Å². The number of ether oxygens (including phenoxy) is 2. The highest BCUT2D eigenvalue weighted by Gasteiger charge is 2.23. The maximum Gasteiger partial charge on any atom is 0.341 e. The van der Waals surface area contributed by atoms with E-state index < -0.39 is 15.8 Å². The second kappa shape index (κ2) is 6.62. The van der Waals surface area contributed by atoms with Crippen molar-refractivity contribution < 1.29 is 22.7 Å². The number of carbonyl (C=O) groups excluding carboxylic acids is 1. The van der Waals surface area contributed by atoms with Crippen LogP contribution in [0.5, 0.6) is 5.75 Å². The van der Waals surface area contributed by atoms with Crippen LogP contribution in [-0.4, -0.2) is 28.6 Å². The van der Waals surface area contributed by atoms with E-state index in [1.54, 1.807) is 36.4 Å². The first-order valence-corrected chi connectivity index (χ1v) is 8.17. The number of methoxy groups -OCH3 is 2. The van der Waals surface area contributed by atoms with Crippen LogP contribution >= 0.6 is 0 Å². The quantitative estimate of drug-likeness (QED) is 0.792. The van der Waals surface area contributed by atoms with Gasteiger partial charge in [0.15, 0.2) is 9.84 Å². The Bertz CT molecular complexity index is 766. The summed E-state index contributed by atoms with van der Waals surface area (Å²) in [4.78, 5) is 12.1. The molecule has 0 bridgehead atoms. The van der Waals surface area contributed by atoms with Crippen molar-refractivity contribution >= 4 is 15.8 Å². The molecule has 22 heavy (non-hydrogen) atoms. The molecule has 0 amide bonds. The first-order chi connectivity index (χ1) is 10.5. The van der Waals surface area contributed by atoms with Gasteiger partial charge in [-0.15, -0.1) is 0 Å². The van der Waals surface area contributed by atoms with E-state index in [9.17, 15) is 13.2 Å². The van der Waals surface area contributed by atoms with Gasteiger partial charge in [-0.25, -0.2) is 13.2 Å². The first-order valence-electron chi connectivity index (χ1n) is 6.51. The maximum atomic E-state index is 12.5. The smallest absolute Gasteiger partial charge is 0.341 e. The lowest BCUT2D eigenvalue weighted by molar-refractivity contribution is 0.0596. The van der Waals surface area contributed by atoms with Crippen LogP contribution in [0.15, 0.2) is 53.4 Å². The van der Waals surface area contributed by atoms with Crippen molar-refractivity contribution in [1.82, 2.24) is 0 Å². The van der Waals surface area contributed by atoms with Gasteiger partial charge in [0.05, 0.1) is 24.9 Å². The minimum atomic E-state index is -3.57. The summed E-state index contributed by atoms with van der Waals surface area (Å²) in [6.45, 7) is 0. The van der Waals surface area contributed by atoms with Gasteiger partial charge in [-0.1, -0.05) is 30.3 Å². The third-order valence-electron chi connectivity index (χ3n) is 3.17. The molecule has 0 aliphatic heterocycles. The predicted molar refractivity (Wildman–Crippen MR) is 81.7 cm³/mol. The van der Waals surface area contributed by atoms with Gasteiger partial charge in [0.2, 0.25) is 0 Å². The number of sulfone groups is 1. The molecular weight excluding hydrogens is 304 g/mol. The van der Waals surface area contributed by atoms with Crippen molar-refractivity contribution in [3.63, 3.8) is 0 Å². The second-order valence-corrected chi connectivity index (χ2v) is 6.55. The van der Waals surface area contributed by atoms with E-state index in [-0.39, 0.29) is 22.0 Å². The van der Waals surface area contributed by atoms with Crippen LogP contribution < -0.4 is 4.74 Å². The fraction of sp³-hybridized carbons (Fsp3) is 0.188. The van der Waals surface area contributed by atoms with Crippen LogP contribution in [0, 0.1) is 0 Å². The largest absolute Gasteiger partial charge is 0.496 e. The molecule has 0 saturated heterocycles. The van der Waals surface area contributed by atoms with Crippen molar-refractivity contribution in [2.75, 3.05) is 14.2 Å². The summed E-state index contributed by atoms with van der Waals surface area (Å²) in [6.07, 6.45) is 0. The third kappa shape index (κ3) is 3.28. The Morgan fingerprint density at radius 1 is 1.00 bits per heavy atom. The first kappa shape index (κ1) is 16.0. The standard InChI is InChI=1S/C16H16O5S/c1-20-14-10-6-7-12(15(14)16(17)21-2)11-22(18,19)13-8-4-3-5-9-13/h3-10H,11H2,1-2H3. The average Bonchev–Trinajstić information content (AvgIpc) is 2.54. The molecule has 0 heterocycles. The summed E-state index contributed by atoms with van der Waals surface area (Å²) in [7, 11) is -0.912. The highest BCUT2D eigenvalue weighted by molar-refractivity contribution is 7.90. The fourth-order valence-corrected chi connectivity index (χ4v) is 3.51. The molecule has 0 aliphatic rings. The Kier molecular flexibility index (Phi) is 4.82. The van der Waals surface area contributed by atoms with Crippen LogP contribution in [0.1, 0.15) is 15.9 Å². The summed E-state index contributed by atoms with van der Waals surface area (Å²) in [6, 6.07) is 12.9. The summed E-state index contributed by atoms with van der Waals surface area (Å²) in [5.74, 6) is -0.651.